The van der Waals surface area contributed by atoms with Gasteiger partial charge in [-0.3, -0.25) is 4.79 Å². The molecule has 4 heteroatoms. The molecular weight excluding hydrogens is 316 g/mol. The number of aryl methyl sites for hydroxylation is 1. The van der Waals surface area contributed by atoms with Gasteiger partial charge < -0.3 is 4.12 Å². The second kappa shape index (κ2) is 6.55. The van der Waals surface area contributed by atoms with Gasteiger partial charge in [-0.1, -0.05) is 48.0 Å². The maximum absolute atomic E-state index is 12.7. The van der Waals surface area contributed by atoms with E-state index in [1.54, 1.807) is 0 Å². The van der Waals surface area contributed by atoms with Gasteiger partial charge in [-0.25, -0.2) is 0 Å². The highest BCUT2D eigenvalue weighted by Crippen LogP contribution is 2.16. The summed E-state index contributed by atoms with van der Waals surface area (Å²) in [5.41, 5.74) is 2.64. The molecule has 0 bridgehead atoms. The summed E-state index contributed by atoms with van der Waals surface area (Å²) in [4.78, 5) is 12.7. The van der Waals surface area contributed by atoms with E-state index in [1.165, 1.54) is 5.19 Å². The molecule has 0 N–H and O–H groups in total. The van der Waals surface area contributed by atoms with Crippen molar-refractivity contribution in [2.45, 2.75) is 39.7 Å². The van der Waals surface area contributed by atoms with Crippen molar-refractivity contribution in [1.82, 2.24) is 0 Å². The number of benzene rings is 2. The van der Waals surface area contributed by atoms with Crippen molar-refractivity contribution in [1.29, 1.82) is 0 Å². The van der Waals surface area contributed by atoms with Crippen LogP contribution in [0.1, 0.15) is 21.5 Å². The molecule has 0 spiro atoms. The van der Waals surface area contributed by atoms with Crippen LogP contribution in [-0.2, 0) is 4.12 Å². The van der Waals surface area contributed by atoms with Gasteiger partial charge >= 0.3 is 0 Å². The summed E-state index contributed by atoms with van der Waals surface area (Å²) in [7, 11) is -3.61. The van der Waals surface area contributed by atoms with Crippen molar-refractivity contribution in [3.8, 4) is 0 Å². The van der Waals surface area contributed by atoms with Crippen LogP contribution in [-0.4, -0.2) is 22.4 Å². The Morgan fingerprint density at radius 1 is 0.870 bits per heavy atom. The summed E-state index contributed by atoms with van der Waals surface area (Å²) in [5, 5.41) is 1.18. The second-order valence-corrected chi connectivity index (χ2v) is 16.1. The third-order valence-electron chi connectivity index (χ3n) is 3.70. The standard InChI is InChI=1S/C19H26O2Si2/c1-15-10-12-16(13-11-15)19(20)17-8-7-9-18(14-17)23(5,6)21-22(2,3)4/h7-14H,1-6H3. The van der Waals surface area contributed by atoms with E-state index in [1.807, 2.05) is 49.4 Å². The summed E-state index contributed by atoms with van der Waals surface area (Å²) in [5.74, 6) is 0.0738. The largest absolute Gasteiger partial charge is 0.452 e. The van der Waals surface area contributed by atoms with E-state index >= 15 is 0 Å². The molecule has 0 fully saturated rings. The molecule has 2 aromatic carbocycles. The zero-order valence-electron chi connectivity index (χ0n) is 14.9. The monoisotopic (exact) mass is 342 g/mol. The van der Waals surface area contributed by atoms with E-state index < -0.39 is 16.6 Å². The molecule has 0 unspecified atom stereocenters. The predicted octanol–water partition coefficient (Wildman–Crippen LogP) is 4.49. The van der Waals surface area contributed by atoms with E-state index in [9.17, 15) is 4.79 Å². The molecule has 0 aromatic heterocycles. The van der Waals surface area contributed by atoms with Gasteiger partial charge in [0, 0.05) is 11.1 Å². The lowest BCUT2D eigenvalue weighted by Gasteiger charge is -2.32. The summed E-state index contributed by atoms with van der Waals surface area (Å²) < 4.78 is 6.43. The molecule has 0 aliphatic rings. The average Bonchev–Trinajstić information content (AvgIpc) is 2.45. The normalized spacial score (nSPS) is 12.3. The van der Waals surface area contributed by atoms with Crippen molar-refractivity contribution in [3.63, 3.8) is 0 Å². The van der Waals surface area contributed by atoms with Gasteiger partial charge in [0.1, 0.15) is 0 Å². The molecule has 0 aliphatic heterocycles. The quantitative estimate of drug-likeness (QED) is 0.591. The highest BCUT2D eigenvalue weighted by Gasteiger charge is 2.31. The summed E-state index contributed by atoms with van der Waals surface area (Å²) in [6.45, 7) is 13.1. The summed E-state index contributed by atoms with van der Waals surface area (Å²) >= 11 is 0. The van der Waals surface area contributed by atoms with Crippen LogP contribution in [0.15, 0.2) is 48.5 Å². The molecule has 122 valence electrons. The van der Waals surface area contributed by atoms with Crippen LogP contribution >= 0.6 is 0 Å². The predicted molar refractivity (Wildman–Crippen MR) is 103 cm³/mol. The van der Waals surface area contributed by atoms with Crippen LogP contribution in [0.5, 0.6) is 0 Å². The number of ketones is 1. The van der Waals surface area contributed by atoms with E-state index in [-0.39, 0.29) is 5.78 Å². The van der Waals surface area contributed by atoms with Crippen LogP contribution < -0.4 is 5.19 Å². The molecule has 0 saturated carbocycles. The summed E-state index contributed by atoms with van der Waals surface area (Å²) in [6.07, 6.45) is 0. The number of carbonyl (C=O) groups excluding carboxylic acids is 1. The number of hydrogen-bond donors (Lipinski definition) is 0. The minimum atomic E-state index is -1.99. The Morgan fingerprint density at radius 3 is 2.04 bits per heavy atom. The van der Waals surface area contributed by atoms with Gasteiger partial charge in [-0.2, -0.15) is 0 Å². The lowest BCUT2D eigenvalue weighted by atomic mass is 10.0. The van der Waals surface area contributed by atoms with Crippen LogP contribution in [0, 0.1) is 6.92 Å². The first-order valence-corrected chi connectivity index (χ1v) is 14.3. The first-order valence-electron chi connectivity index (χ1n) is 8.01. The Morgan fingerprint density at radius 2 is 1.48 bits per heavy atom. The maximum Gasteiger partial charge on any atom is 0.205 e. The fourth-order valence-corrected chi connectivity index (χ4v) is 10.3. The molecule has 0 amide bonds. The Balaban J connectivity index is 2.32. The molecule has 0 radical (unpaired) electrons. The van der Waals surface area contributed by atoms with Crippen molar-refractivity contribution < 1.29 is 8.91 Å². The molecule has 0 heterocycles. The smallest absolute Gasteiger partial charge is 0.205 e. The zero-order chi connectivity index (χ0) is 17.3. The third kappa shape index (κ3) is 4.74. The first kappa shape index (κ1) is 17.9. The lowest BCUT2D eigenvalue weighted by molar-refractivity contribution is 0.103. The topological polar surface area (TPSA) is 26.3 Å². The maximum atomic E-state index is 12.7. The second-order valence-electron chi connectivity index (χ2n) is 7.50. The fraction of sp³-hybridized carbons (Fsp3) is 0.316. The molecule has 2 rings (SSSR count). The third-order valence-corrected chi connectivity index (χ3v) is 9.89. The first-order chi connectivity index (χ1) is 10.6. The molecule has 2 aromatic rings. The SMILES string of the molecule is Cc1ccc(C(=O)c2cccc([Si](C)(C)O[Si](C)(C)C)c2)cc1. The molecule has 0 saturated heterocycles. The van der Waals surface area contributed by atoms with Gasteiger partial charge in [-0.15, -0.1) is 0 Å². The van der Waals surface area contributed by atoms with E-state index in [2.05, 4.69) is 38.8 Å². The molecule has 0 aliphatic carbocycles. The number of carbonyl (C=O) groups is 1. The van der Waals surface area contributed by atoms with Gasteiger partial charge in [0.15, 0.2) is 14.1 Å². The van der Waals surface area contributed by atoms with Gasteiger partial charge in [-0.05, 0) is 50.9 Å². The minimum Gasteiger partial charge on any atom is -0.452 e. The molecule has 23 heavy (non-hydrogen) atoms. The Hall–Kier alpha value is -1.50. The van der Waals surface area contributed by atoms with Crippen LogP contribution in [0.3, 0.4) is 0 Å². The zero-order valence-corrected chi connectivity index (χ0v) is 16.9. The highest BCUT2D eigenvalue weighted by atomic mass is 28.4. The lowest BCUT2D eigenvalue weighted by Crippen LogP contribution is -2.51. The van der Waals surface area contributed by atoms with Gasteiger partial charge in [0.25, 0.3) is 0 Å². The molecular formula is C19H26O2Si2. The fourth-order valence-electron chi connectivity index (χ4n) is 2.73. The van der Waals surface area contributed by atoms with Crippen LogP contribution in [0.25, 0.3) is 0 Å². The van der Waals surface area contributed by atoms with E-state index in [0.717, 1.165) is 16.7 Å². The Labute approximate surface area is 141 Å². The number of hydrogen-bond acceptors (Lipinski definition) is 2. The van der Waals surface area contributed by atoms with E-state index in [4.69, 9.17) is 4.12 Å². The van der Waals surface area contributed by atoms with Gasteiger partial charge in [0.05, 0.1) is 0 Å². The van der Waals surface area contributed by atoms with Crippen molar-refractivity contribution in [2.24, 2.45) is 0 Å². The van der Waals surface area contributed by atoms with Crippen LogP contribution in [0.2, 0.25) is 32.7 Å². The van der Waals surface area contributed by atoms with Crippen molar-refractivity contribution >= 4 is 27.6 Å². The minimum absolute atomic E-state index is 0.0738. The van der Waals surface area contributed by atoms with Crippen molar-refractivity contribution in [2.75, 3.05) is 0 Å². The average molecular weight is 343 g/mol. The molecule has 2 nitrogen and oxygen atoms in total. The Kier molecular flexibility index (Phi) is 5.08. The highest BCUT2D eigenvalue weighted by molar-refractivity contribution is 6.92. The summed E-state index contributed by atoms with van der Waals surface area (Å²) in [6, 6.07) is 15.7. The molecule has 0 atom stereocenters. The Bertz CT molecular complexity index is 698. The van der Waals surface area contributed by atoms with Crippen LogP contribution in [0.4, 0.5) is 0 Å². The van der Waals surface area contributed by atoms with E-state index in [0.29, 0.717) is 0 Å². The van der Waals surface area contributed by atoms with Gasteiger partial charge in [0.2, 0.25) is 8.32 Å². The number of rotatable bonds is 5. The van der Waals surface area contributed by atoms with Crippen molar-refractivity contribution in [3.05, 3.63) is 65.2 Å².